The van der Waals surface area contributed by atoms with Crippen LogP contribution in [-0.2, 0) is 16.2 Å². The predicted molar refractivity (Wildman–Crippen MR) is 95.4 cm³/mol. The average Bonchev–Trinajstić information content (AvgIpc) is 3.23. The highest BCUT2D eigenvalue weighted by atomic mass is 32.2. The van der Waals surface area contributed by atoms with Crippen LogP contribution in [0.3, 0.4) is 0 Å². The molecule has 2 aromatic heterocycles. The Morgan fingerprint density at radius 3 is 2.54 bits per heavy atom. The third-order valence-electron chi connectivity index (χ3n) is 3.67. The number of carbonyl (C=O) groups is 1. The number of sulfonamides is 1. The molecule has 1 aromatic carbocycles. The zero-order chi connectivity index (χ0) is 20.7. The van der Waals surface area contributed by atoms with Crippen LogP contribution in [0.4, 0.5) is 18.9 Å². The maximum absolute atomic E-state index is 13.1. The molecule has 3 aromatic rings. The summed E-state index contributed by atoms with van der Waals surface area (Å²) in [6.07, 6.45) is -1.85. The van der Waals surface area contributed by atoms with E-state index >= 15 is 0 Å². The molecule has 2 heterocycles. The van der Waals surface area contributed by atoms with Crippen LogP contribution in [0.15, 0.2) is 46.9 Å². The van der Waals surface area contributed by atoms with Crippen LogP contribution in [0.25, 0.3) is 5.69 Å². The number of nitrogens with zero attached hydrogens (tertiary/aromatic N) is 2. The topological polar surface area (TPSA) is 101 Å². The highest BCUT2D eigenvalue weighted by Gasteiger charge is 2.32. The zero-order valence-corrected chi connectivity index (χ0v) is 15.7. The molecule has 0 atom stereocenters. The number of carboxylic acids is 1. The Morgan fingerprint density at radius 2 is 2.00 bits per heavy atom. The number of hydrogen-bond acceptors (Lipinski definition) is 5. The van der Waals surface area contributed by atoms with E-state index in [1.54, 1.807) is 0 Å². The lowest BCUT2D eigenvalue weighted by Crippen LogP contribution is -2.15. The Kier molecular flexibility index (Phi) is 4.93. The van der Waals surface area contributed by atoms with Crippen LogP contribution in [0, 0.1) is 6.92 Å². The van der Waals surface area contributed by atoms with Gasteiger partial charge in [-0.25, -0.2) is 17.9 Å². The van der Waals surface area contributed by atoms with Crippen molar-refractivity contribution in [3.05, 3.63) is 58.7 Å². The summed E-state index contributed by atoms with van der Waals surface area (Å²) < 4.78 is 67.6. The van der Waals surface area contributed by atoms with Crippen LogP contribution in [-0.4, -0.2) is 29.3 Å². The van der Waals surface area contributed by atoms with Gasteiger partial charge in [-0.2, -0.15) is 18.3 Å². The van der Waals surface area contributed by atoms with Gasteiger partial charge in [-0.15, -0.1) is 11.3 Å². The lowest BCUT2D eigenvalue weighted by atomic mass is 10.1. The SMILES string of the molecule is Cc1cc(S(=O)(=O)Nc2cc(C(F)(F)F)ccc2-n2cccn2)sc1C(=O)O. The molecule has 2 N–H and O–H groups in total. The second kappa shape index (κ2) is 6.95. The van der Waals surface area contributed by atoms with Gasteiger partial charge in [0.05, 0.1) is 16.9 Å². The minimum absolute atomic E-state index is 0.0771. The van der Waals surface area contributed by atoms with Gasteiger partial charge in [-0.1, -0.05) is 0 Å². The lowest BCUT2D eigenvalue weighted by molar-refractivity contribution is -0.137. The monoisotopic (exact) mass is 431 g/mol. The summed E-state index contributed by atoms with van der Waals surface area (Å²) in [5.41, 5.74) is -1.08. The van der Waals surface area contributed by atoms with E-state index in [-0.39, 0.29) is 26.0 Å². The minimum Gasteiger partial charge on any atom is -0.477 e. The molecule has 0 saturated carbocycles. The summed E-state index contributed by atoms with van der Waals surface area (Å²) in [5, 5.41) is 13.0. The first-order chi connectivity index (χ1) is 13.0. The number of nitrogens with one attached hydrogen (secondary N) is 1. The molecule has 28 heavy (non-hydrogen) atoms. The molecule has 0 radical (unpaired) electrons. The molecule has 0 fully saturated rings. The summed E-state index contributed by atoms with van der Waals surface area (Å²) in [6, 6.07) is 5.24. The van der Waals surface area contributed by atoms with Crippen molar-refractivity contribution >= 4 is 33.0 Å². The van der Waals surface area contributed by atoms with E-state index in [1.165, 1.54) is 30.1 Å². The van der Waals surface area contributed by atoms with Gasteiger partial charge in [0.15, 0.2) is 0 Å². The summed E-state index contributed by atoms with van der Waals surface area (Å²) in [7, 11) is -4.33. The Labute approximate surface area is 161 Å². The number of thiophene rings is 1. The number of anilines is 1. The Bertz CT molecular complexity index is 1140. The molecule has 12 heteroatoms. The average molecular weight is 431 g/mol. The van der Waals surface area contributed by atoms with Crippen LogP contribution < -0.4 is 4.72 Å². The van der Waals surface area contributed by atoms with E-state index < -0.39 is 27.7 Å². The minimum atomic E-state index is -4.68. The molecule has 7 nitrogen and oxygen atoms in total. The predicted octanol–water partition coefficient (Wildman–Crippen LogP) is 3.76. The third-order valence-corrected chi connectivity index (χ3v) is 6.74. The fourth-order valence-corrected chi connectivity index (χ4v) is 4.84. The summed E-state index contributed by atoms with van der Waals surface area (Å²) in [6.45, 7) is 1.43. The van der Waals surface area contributed by atoms with E-state index in [0.717, 1.165) is 18.2 Å². The fourth-order valence-electron chi connectivity index (χ4n) is 2.40. The zero-order valence-electron chi connectivity index (χ0n) is 14.1. The largest absolute Gasteiger partial charge is 0.477 e. The van der Waals surface area contributed by atoms with E-state index in [2.05, 4.69) is 9.82 Å². The summed E-state index contributed by atoms with van der Waals surface area (Å²) >= 11 is 0.512. The second-order valence-corrected chi connectivity index (χ2v) is 8.63. The summed E-state index contributed by atoms with van der Waals surface area (Å²) in [4.78, 5) is 11.0. The van der Waals surface area contributed by atoms with E-state index in [1.807, 2.05) is 0 Å². The molecule has 3 rings (SSSR count). The number of rotatable bonds is 5. The van der Waals surface area contributed by atoms with Crippen molar-refractivity contribution < 1.29 is 31.5 Å². The molecule has 0 aliphatic rings. The first kappa shape index (κ1) is 19.9. The van der Waals surface area contributed by atoms with Gasteiger partial charge in [0, 0.05) is 12.4 Å². The number of aryl methyl sites for hydroxylation is 1. The van der Waals surface area contributed by atoms with Crippen LogP contribution in [0.5, 0.6) is 0 Å². The molecule has 0 amide bonds. The van der Waals surface area contributed by atoms with Gasteiger partial charge in [0.25, 0.3) is 10.0 Å². The van der Waals surface area contributed by atoms with Crippen molar-refractivity contribution in [2.75, 3.05) is 4.72 Å². The molecule has 0 aliphatic heterocycles. The van der Waals surface area contributed by atoms with E-state index in [9.17, 15) is 26.4 Å². The lowest BCUT2D eigenvalue weighted by Gasteiger charge is -2.15. The van der Waals surface area contributed by atoms with Gasteiger partial charge in [-0.05, 0) is 42.8 Å². The van der Waals surface area contributed by atoms with Crippen molar-refractivity contribution in [3.63, 3.8) is 0 Å². The van der Waals surface area contributed by atoms with Crippen molar-refractivity contribution in [2.24, 2.45) is 0 Å². The highest BCUT2D eigenvalue weighted by Crippen LogP contribution is 2.35. The van der Waals surface area contributed by atoms with Crippen LogP contribution in [0.1, 0.15) is 20.8 Å². The fraction of sp³-hybridized carbons (Fsp3) is 0.125. The Morgan fingerprint density at radius 1 is 1.29 bits per heavy atom. The first-order valence-corrected chi connectivity index (χ1v) is 9.87. The normalized spacial score (nSPS) is 12.1. The van der Waals surface area contributed by atoms with Gasteiger partial charge < -0.3 is 5.11 Å². The number of benzene rings is 1. The van der Waals surface area contributed by atoms with Crippen LogP contribution >= 0.6 is 11.3 Å². The molecule has 0 unspecified atom stereocenters. The first-order valence-electron chi connectivity index (χ1n) is 7.57. The van der Waals surface area contributed by atoms with Crippen molar-refractivity contribution in [3.8, 4) is 5.69 Å². The number of alkyl halides is 3. The third kappa shape index (κ3) is 3.87. The maximum Gasteiger partial charge on any atom is 0.416 e. The number of aromatic nitrogens is 2. The number of hydrogen-bond donors (Lipinski definition) is 2. The second-order valence-electron chi connectivity index (χ2n) is 5.67. The van der Waals surface area contributed by atoms with Crippen molar-refractivity contribution in [1.29, 1.82) is 0 Å². The molecular formula is C16H12F3N3O4S2. The number of carboxylic acid groups (broad SMARTS) is 1. The number of aromatic carboxylic acids is 1. The molecule has 0 spiro atoms. The van der Waals surface area contributed by atoms with Crippen LogP contribution in [0.2, 0.25) is 0 Å². The van der Waals surface area contributed by atoms with Gasteiger partial charge in [0.1, 0.15) is 9.09 Å². The van der Waals surface area contributed by atoms with Crippen molar-refractivity contribution in [1.82, 2.24) is 9.78 Å². The molecule has 0 bridgehead atoms. The Balaban J connectivity index is 2.09. The quantitative estimate of drug-likeness (QED) is 0.641. The smallest absolute Gasteiger partial charge is 0.416 e. The summed E-state index contributed by atoms with van der Waals surface area (Å²) in [5.74, 6) is -1.29. The molecule has 148 valence electrons. The molecule has 0 saturated heterocycles. The maximum atomic E-state index is 13.1. The molecule has 0 aliphatic carbocycles. The van der Waals surface area contributed by atoms with Gasteiger partial charge in [0.2, 0.25) is 0 Å². The highest BCUT2D eigenvalue weighted by molar-refractivity contribution is 7.94. The molecular weight excluding hydrogens is 419 g/mol. The van der Waals surface area contributed by atoms with Gasteiger partial charge in [-0.3, -0.25) is 4.72 Å². The Hall–Kier alpha value is -2.86. The van der Waals surface area contributed by atoms with E-state index in [0.29, 0.717) is 17.4 Å². The van der Waals surface area contributed by atoms with Crippen molar-refractivity contribution in [2.45, 2.75) is 17.3 Å². The number of halogens is 3. The standard InChI is InChI=1S/C16H12F3N3O4S2/c1-9-7-13(27-14(9)15(23)24)28(25,26)21-11-8-10(16(17,18)19)3-4-12(11)22-6-2-5-20-22/h2-8,21H,1H3,(H,23,24). The van der Waals surface area contributed by atoms with E-state index in [4.69, 9.17) is 5.11 Å². The van der Waals surface area contributed by atoms with Gasteiger partial charge >= 0.3 is 12.1 Å².